The van der Waals surface area contributed by atoms with Crippen molar-refractivity contribution in [2.45, 2.75) is 32.8 Å². The van der Waals surface area contributed by atoms with Gasteiger partial charge in [0.1, 0.15) is 5.60 Å². The first-order chi connectivity index (χ1) is 11.4. The molecule has 0 radical (unpaired) electrons. The molecule has 6 nitrogen and oxygen atoms in total. The highest BCUT2D eigenvalue weighted by Gasteiger charge is 2.15. The van der Waals surface area contributed by atoms with Crippen LogP contribution in [0.1, 0.15) is 26.3 Å². The van der Waals surface area contributed by atoms with Gasteiger partial charge in [-0.25, -0.2) is 4.79 Å². The van der Waals surface area contributed by atoms with Gasteiger partial charge >= 0.3 is 6.09 Å². The molecule has 0 heterocycles. The van der Waals surface area contributed by atoms with E-state index < -0.39 is 5.60 Å². The maximum Gasteiger partial charge on any atom is 0.407 e. The Bertz CT molecular complexity index is 469. The van der Waals surface area contributed by atoms with Crippen LogP contribution < -0.4 is 10.6 Å². The molecule has 1 amide bonds. The van der Waals surface area contributed by atoms with Gasteiger partial charge in [-0.3, -0.25) is 0 Å². The van der Waals surface area contributed by atoms with Gasteiger partial charge in [-0.05, 0) is 44.9 Å². The molecule has 0 saturated heterocycles. The van der Waals surface area contributed by atoms with Crippen LogP contribution in [0.3, 0.4) is 0 Å². The van der Waals surface area contributed by atoms with E-state index in [0.717, 1.165) is 24.2 Å². The van der Waals surface area contributed by atoms with Crippen molar-refractivity contribution in [3.63, 3.8) is 0 Å². The van der Waals surface area contributed by atoms with Crippen LogP contribution in [-0.4, -0.2) is 51.7 Å². The van der Waals surface area contributed by atoms with Crippen molar-refractivity contribution in [3.8, 4) is 0 Å². The standard InChI is InChI=1S/C18H30N2O4/c1-18(2,3)24-17(21)20-10-9-15-5-7-16(8-6-15)19-11-12-23-14-13-22-4/h5-8,19H,9-14H2,1-4H3,(H,20,21). The fourth-order valence-electron chi connectivity index (χ4n) is 1.92. The van der Waals surface area contributed by atoms with Crippen LogP contribution in [0, 0.1) is 0 Å². The molecular weight excluding hydrogens is 308 g/mol. The lowest BCUT2D eigenvalue weighted by molar-refractivity contribution is 0.0528. The lowest BCUT2D eigenvalue weighted by Gasteiger charge is -2.19. The number of methoxy groups -OCH3 is 1. The van der Waals surface area contributed by atoms with Gasteiger partial charge in [-0.1, -0.05) is 12.1 Å². The normalized spacial score (nSPS) is 11.2. The Morgan fingerprint density at radius 2 is 1.75 bits per heavy atom. The third-order valence-electron chi connectivity index (χ3n) is 3.04. The molecule has 136 valence electrons. The van der Waals surface area contributed by atoms with Crippen LogP contribution in [0.25, 0.3) is 0 Å². The minimum Gasteiger partial charge on any atom is -0.444 e. The summed E-state index contributed by atoms with van der Waals surface area (Å²) >= 11 is 0. The highest BCUT2D eigenvalue weighted by molar-refractivity contribution is 5.67. The highest BCUT2D eigenvalue weighted by Crippen LogP contribution is 2.10. The van der Waals surface area contributed by atoms with Crippen molar-refractivity contribution in [1.29, 1.82) is 0 Å². The number of rotatable bonds is 10. The average Bonchev–Trinajstić information content (AvgIpc) is 2.50. The van der Waals surface area contributed by atoms with E-state index in [4.69, 9.17) is 14.2 Å². The van der Waals surface area contributed by atoms with Crippen molar-refractivity contribution in [2.24, 2.45) is 0 Å². The van der Waals surface area contributed by atoms with Crippen molar-refractivity contribution in [1.82, 2.24) is 5.32 Å². The molecule has 24 heavy (non-hydrogen) atoms. The maximum atomic E-state index is 11.6. The minimum absolute atomic E-state index is 0.380. The molecule has 0 atom stereocenters. The summed E-state index contributed by atoms with van der Waals surface area (Å²) < 4.78 is 15.5. The van der Waals surface area contributed by atoms with E-state index >= 15 is 0 Å². The van der Waals surface area contributed by atoms with Crippen molar-refractivity contribution < 1.29 is 19.0 Å². The lowest BCUT2D eigenvalue weighted by atomic mass is 10.1. The summed E-state index contributed by atoms with van der Waals surface area (Å²) in [6, 6.07) is 8.14. The van der Waals surface area contributed by atoms with Crippen LogP contribution in [0.2, 0.25) is 0 Å². The molecule has 1 aromatic carbocycles. The molecule has 0 unspecified atom stereocenters. The monoisotopic (exact) mass is 338 g/mol. The maximum absolute atomic E-state index is 11.6. The third kappa shape index (κ3) is 10.1. The van der Waals surface area contributed by atoms with E-state index in [1.165, 1.54) is 0 Å². The molecule has 0 spiro atoms. The van der Waals surface area contributed by atoms with Crippen LogP contribution in [0.4, 0.5) is 10.5 Å². The third-order valence-corrected chi connectivity index (χ3v) is 3.04. The molecule has 6 heteroatoms. The highest BCUT2D eigenvalue weighted by atomic mass is 16.6. The van der Waals surface area contributed by atoms with E-state index in [1.807, 2.05) is 45.0 Å². The van der Waals surface area contributed by atoms with Gasteiger partial charge in [0, 0.05) is 25.9 Å². The predicted octanol–water partition coefficient (Wildman–Crippen LogP) is 2.83. The van der Waals surface area contributed by atoms with Gasteiger partial charge in [0.25, 0.3) is 0 Å². The van der Waals surface area contributed by atoms with Gasteiger partial charge in [-0.2, -0.15) is 0 Å². The number of hydrogen-bond acceptors (Lipinski definition) is 5. The van der Waals surface area contributed by atoms with E-state index in [-0.39, 0.29) is 6.09 Å². The second kappa shape index (κ2) is 10.9. The summed E-state index contributed by atoms with van der Waals surface area (Å²) in [7, 11) is 1.66. The SMILES string of the molecule is COCCOCCNc1ccc(CCNC(=O)OC(C)(C)C)cc1. The van der Waals surface area contributed by atoms with Gasteiger partial charge in [-0.15, -0.1) is 0 Å². The quantitative estimate of drug-likeness (QED) is 0.642. The first-order valence-electron chi connectivity index (χ1n) is 8.27. The number of hydrogen-bond donors (Lipinski definition) is 2. The number of carbonyl (C=O) groups is 1. The lowest BCUT2D eigenvalue weighted by Crippen LogP contribution is -2.33. The van der Waals surface area contributed by atoms with Crippen LogP contribution in [-0.2, 0) is 20.6 Å². The number of nitrogens with one attached hydrogen (secondary N) is 2. The average molecular weight is 338 g/mol. The number of anilines is 1. The number of ether oxygens (including phenoxy) is 3. The molecule has 2 N–H and O–H groups in total. The Labute approximate surface area is 144 Å². The summed E-state index contributed by atoms with van der Waals surface area (Å²) in [5, 5.41) is 6.05. The van der Waals surface area contributed by atoms with Gasteiger partial charge in [0.2, 0.25) is 0 Å². The molecule has 0 fully saturated rings. The molecule has 0 bridgehead atoms. The zero-order valence-electron chi connectivity index (χ0n) is 15.2. The van der Waals surface area contributed by atoms with E-state index in [0.29, 0.717) is 26.4 Å². The summed E-state index contributed by atoms with van der Waals surface area (Å²) in [4.78, 5) is 11.6. The topological polar surface area (TPSA) is 68.8 Å². The van der Waals surface area contributed by atoms with Crippen molar-refractivity contribution >= 4 is 11.8 Å². The Morgan fingerprint density at radius 3 is 2.38 bits per heavy atom. The molecule has 0 aromatic heterocycles. The number of carbonyl (C=O) groups excluding carboxylic acids is 1. The Hall–Kier alpha value is -1.79. The van der Waals surface area contributed by atoms with Crippen LogP contribution in [0.15, 0.2) is 24.3 Å². The number of alkyl carbamates (subject to hydrolysis) is 1. The fraction of sp³-hybridized carbons (Fsp3) is 0.611. The first-order valence-corrected chi connectivity index (χ1v) is 8.27. The zero-order valence-corrected chi connectivity index (χ0v) is 15.2. The molecule has 0 saturated carbocycles. The molecule has 0 aliphatic rings. The smallest absolute Gasteiger partial charge is 0.407 e. The molecule has 1 aromatic rings. The number of benzene rings is 1. The molecule has 0 aliphatic carbocycles. The predicted molar refractivity (Wildman–Crippen MR) is 95.6 cm³/mol. The van der Waals surface area contributed by atoms with Crippen molar-refractivity contribution in [3.05, 3.63) is 29.8 Å². The Balaban J connectivity index is 2.19. The number of amides is 1. The van der Waals surface area contributed by atoms with E-state index in [2.05, 4.69) is 10.6 Å². The van der Waals surface area contributed by atoms with E-state index in [1.54, 1.807) is 7.11 Å². The second-order valence-corrected chi connectivity index (χ2v) is 6.41. The first kappa shape index (κ1) is 20.3. The summed E-state index contributed by atoms with van der Waals surface area (Å²) in [5.74, 6) is 0. The Morgan fingerprint density at radius 1 is 1.04 bits per heavy atom. The zero-order chi connectivity index (χ0) is 17.8. The van der Waals surface area contributed by atoms with Crippen LogP contribution >= 0.6 is 0 Å². The summed E-state index contributed by atoms with van der Waals surface area (Å²) in [5.41, 5.74) is 1.74. The molecule has 1 rings (SSSR count). The van der Waals surface area contributed by atoms with Gasteiger partial charge < -0.3 is 24.8 Å². The minimum atomic E-state index is -0.468. The fourth-order valence-corrected chi connectivity index (χ4v) is 1.92. The molecule has 0 aliphatic heterocycles. The molecular formula is C18H30N2O4. The largest absolute Gasteiger partial charge is 0.444 e. The van der Waals surface area contributed by atoms with Crippen molar-refractivity contribution in [2.75, 3.05) is 45.3 Å². The summed E-state index contributed by atoms with van der Waals surface area (Å²) in [6.45, 7) is 8.72. The van der Waals surface area contributed by atoms with Crippen LogP contribution in [0.5, 0.6) is 0 Å². The second-order valence-electron chi connectivity index (χ2n) is 6.41. The van der Waals surface area contributed by atoms with E-state index in [9.17, 15) is 4.79 Å². The Kier molecular flexibility index (Phi) is 9.19. The summed E-state index contributed by atoms with van der Waals surface area (Å²) in [6.07, 6.45) is 0.383. The van der Waals surface area contributed by atoms with Gasteiger partial charge in [0.05, 0.1) is 19.8 Å². The van der Waals surface area contributed by atoms with Gasteiger partial charge in [0.15, 0.2) is 0 Å².